The van der Waals surface area contributed by atoms with Gasteiger partial charge in [-0.25, -0.2) is 0 Å². The van der Waals surface area contributed by atoms with Gasteiger partial charge >= 0.3 is 0 Å². The van der Waals surface area contributed by atoms with Crippen molar-refractivity contribution in [3.63, 3.8) is 0 Å². The zero-order chi connectivity index (χ0) is 12.6. The van der Waals surface area contributed by atoms with Crippen molar-refractivity contribution in [1.29, 1.82) is 0 Å². The van der Waals surface area contributed by atoms with E-state index in [0.29, 0.717) is 0 Å². The number of fused-ring (bicyclic) bond motifs is 1. The first-order valence-corrected chi connectivity index (χ1v) is 6.16. The summed E-state index contributed by atoms with van der Waals surface area (Å²) in [6, 6.07) is 1.80. The first-order valence-electron chi connectivity index (χ1n) is 6.16. The van der Waals surface area contributed by atoms with Crippen LogP contribution < -0.4 is 5.32 Å². The quantitative estimate of drug-likeness (QED) is 0.817. The van der Waals surface area contributed by atoms with Crippen molar-refractivity contribution in [2.75, 3.05) is 7.05 Å². The third kappa shape index (κ3) is 1.97. The Morgan fingerprint density at radius 2 is 2.35 bits per heavy atom. The van der Waals surface area contributed by atoms with Gasteiger partial charge < -0.3 is 15.0 Å². The number of carbonyl (C=O) groups excluding carboxylic acids is 1. The molecule has 0 bridgehead atoms. The molecule has 94 valence electrons. The van der Waals surface area contributed by atoms with Gasteiger partial charge in [0.25, 0.3) is 0 Å². The lowest BCUT2D eigenvalue weighted by Gasteiger charge is -2.23. The third-order valence-electron chi connectivity index (χ3n) is 3.63. The average molecular weight is 236 g/mol. The van der Waals surface area contributed by atoms with E-state index >= 15 is 0 Å². The molecule has 0 radical (unpaired) electrons. The van der Waals surface area contributed by atoms with E-state index in [1.165, 1.54) is 0 Å². The Balaban J connectivity index is 2.44. The van der Waals surface area contributed by atoms with Gasteiger partial charge in [-0.1, -0.05) is 0 Å². The molecule has 0 saturated carbocycles. The van der Waals surface area contributed by atoms with Crippen LogP contribution in [0, 0.1) is 6.92 Å². The largest absolute Gasteiger partial charge is 0.388 e. The lowest BCUT2D eigenvalue weighted by molar-refractivity contribution is -0.123. The van der Waals surface area contributed by atoms with E-state index in [-0.39, 0.29) is 18.1 Å². The minimum atomic E-state index is -0.365. The highest BCUT2D eigenvalue weighted by molar-refractivity contribution is 5.79. The third-order valence-corrected chi connectivity index (χ3v) is 3.63. The van der Waals surface area contributed by atoms with Crippen molar-refractivity contribution < 1.29 is 9.90 Å². The normalized spacial score (nSPS) is 20.8. The second-order valence-electron chi connectivity index (χ2n) is 4.76. The first kappa shape index (κ1) is 12.2. The molecule has 2 unspecified atom stereocenters. The number of aliphatic hydroxyl groups excluding tert-OH is 1. The number of nitrogens with one attached hydrogen (secondary N) is 1. The zero-order valence-electron chi connectivity index (χ0n) is 10.7. The summed E-state index contributed by atoms with van der Waals surface area (Å²) in [4.78, 5) is 11.7. The maximum Gasteiger partial charge on any atom is 0.242 e. The molecule has 0 aliphatic heterocycles. The summed E-state index contributed by atoms with van der Waals surface area (Å²) in [5.41, 5.74) is 3.17. The molecule has 4 heteroatoms. The topological polar surface area (TPSA) is 54.3 Å². The minimum Gasteiger partial charge on any atom is -0.388 e. The monoisotopic (exact) mass is 236 g/mol. The van der Waals surface area contributed by atoms with Gasteiger partial charge in [0.05, 0.1) is 6.10 Å². The van der Waals surface area contributed by atoms with Gasteiger partial charge in [0.2, 0.25) is 5.91 Å². The Hall–Kier alpha value is -1.29. The van der Waals surface area contributed by atoms with E-state index in [4.69, 9.17) is 0 Å². The van der Waals surface area contributed by atoms with Crippen LogP contribution >= 0.6 is 0 Å². The maximum atomic E-state index is 11.7. The standard InChI is InChI=1S/C13H20N2O2/c1-8-7-10-11(5-4-6-12(10)16)15(8)9(2)13(17)14-3/h7,9,12,16H,4-6H2,1-3H3,(H,14,17). The maximum absolute atomic E-state index is 11.7. The second-order valence-corrected chi connectivity index (χ2v) is 4.76. The van der Waals surface area contributed by atoms with E-state index in [0.717, 1.165) is 36.2 Å². The summed E-state index contributed by atoms with van der Waals surface area (Å²) in [6.45, 7) is 3.89. The van der Waals surface area contributed by atoms with E-state index in [1.807, 2.05) is 19.9 Å². The Kier molecular flexibility index (Phi) is 3.24. The van der Waals surface area contributed by atoms with Crippen molar-refractivity contribution in [1.82, 2.24) is 9.88 Å². The van der Waals surface area contributed by atoms with Crippen molar-refractivity contribution in [2.24, 2.45) is 0 Å². The van der Waals surface area contributed by atoms with Crippen LogP contribution in [0.1, 0.15) is 48.9 Å². The number of aryl methyl sites for hydroxylation is 1. The summed E-state index contributed by atoms with van der Waals surface area (Å²) < 4.78 is 2.05. The van der Waals surface area contributed by atoms with Gasteiger partial charge in [0.1, 0.15) is 6.04 Å². The number of aromatic nitrogens is 1. The average Bonchev–Trinajstić information content (AvgIpc) is 2.65. The summed E-state index contributed by atoms with van der Waals surface area (Å²) in [6.07, 6.45) is 2.39. The number of rotatable bonds is 2. The molecule has 0 fully saturated rings. The zero-order valence-corrected chi connectivity index (χ0v) is 10.7. The molecule has 0 aromatic carbocycles. The van der Waals surface area contributed by atoms with Gasteiger partial charge in [-0.2, -0.15) is 0 Å². The fourth-order valence-corrected chi connectivity index (χ4v) is 2.77. The lowest BCUT2D eigenvalue weighted by atomic mass is 9.95. The van der Waals surface area contributed by atoms with Crippen LogP contribution in [-0.2, 0) is 11.2 Å². The van der Waals surface area contributed by atoms with Crippen LogP contribution in [0.15, 0.2) is 6.07 Å². The SMILES string of the molecule is CNC(=O)C(C)n1c(C)cc2c1CCCC2O. The molecule has 0 spiro atoms. The summed E-state index contributed by atoms with van der Waals surface area (Å²) in [5, 5.41) is 12.6. The molecule has 1 aliphatic carbocycles. The molecule has 4 nitrogen and oxygen atoms in total. The first-order chi connectivity index (χ1) is 8.06. The molecule has 1 amide bonds. The summed E-state index contributed by atoms with van der Waals surface area (Å²) in [5.74, 6) is 0.00608. The molecule has 1 aliphatic rings. The van der Waals surface area contributed by atoms with Crippen LogP contribution in [0.3, 0.4) is 0 Å². The number of hydrogen-bond acceptors (Lipinski definition) is 2. The molecule has 1 heterocycles. The summed E-state index contributed by atoms with van der Waals surface area (Å²) in [7, 11) is 1.65. The number of aliphatic hydroxyl groups is 1. The fourth-order valence-electron chi connectivity index (χ4n) is 2.77. The Bertz CT molecular complexity index is 437. The molecule has 2 rings (SSSR count). The highest BCUT2D eigenvalue weighted by Gasteiger charge is 2.26. The smallest absolute Gasteiger partial charge is 0.242 e. The number of hydrogen-bond donors (Lipinski definition) is 2. The van der Waals surface area contributed by atoms with Crippen molar-refractivity contribution in [3.8, 4) is 0 Å². The molecule has 17 heavy (non-hydrogen) atoms. The van der Waals surface area contributed by atoms with Crippen LogP contribution in [0.4, 0.5) is 0 Å². The minimum absolute atomic E-state index is 0.00608. The molecule has 2 atom stereocenters. The summed E-state index contributed by atoms with van der Waals surface area (Å²) >= 11 is 0. The van der Waals surface area contributed by atoms with Crippen LogP contribution in [0.25, 0.3) is 0 Å². The number of nitrogens with zero attached hydrogens (tertiary/aromatic N) is 1. The Labute approximate surface area is 102 Å². The highest BCUT2D eigenvalue weighted by Crippen LogP contribution is 2.33. The van der Waals surface area contributed by atoms with Crippen molar-refractivity contribution in [3.05, 3.63) is 23.0 Å². The molecule has 1 aromatic rings. The number of amides is 1. The predicted octanol–water partition coefficient (Wildman–Crippen LogP) is 1.47. The fraction of sp³-hybridized carbons (Fsp3) is 0.615. The van der Waals surface area contributed by atoms with Crippen molar-refractivity contribution >= 4 is 5.91 Å². The molecular formula is C13H20N2O2. The highest BCUT2D eigenvalue weighted by atomic mass is 16.3. The van der Waals surface area contributed by atoms with E-state index in [9.17, 15) is 9.90 Å². The molecule has 1 aromatic heterocycles. The molecular weight excluding hydrogens is 216 g/mol. The molecule has 2 N–H and O–H groups in total. The number of likely N-dealkylation sites (N-methyl/N-ethyl adjacent to an activating group) is 1. The van der Waals surface area contributed by atoms with Crippen LogP contribution in [0.2, 0.25) is 0 Å². The Morgan fingerprint density at radius 3 is 3.00 bits per heavy atom. The van der Waals surface area contributed by atoms with Gasteiger partial charge in [-0.3, -0.25) is 4.79 Å². The number of carbonyl (C=O) groups is 1. The second kappa shape index (κ2) is 4.53. The van der Waals surface area contributed by atoms with E-state index < -0.39 is 0 Å². The van der Waals surface area contributed by atoms with E-state index in [1.54, 1.807) is 7.05 Å². The van der Waals surface area contributed by atoms with Crippen molar-refractivity contribution in [2.45, 2.75) is 45.3 Å². The molecule has 0 saturated heterocycles. The lowest BCUT2D eigenvalue weighted by Crippen LogP contribution is -2.29. The van der Waals surface area contributed by atoms with E-state index in [2.05, 4.69) is 9.88 Å². The van der Waals surface area contributed by atoms with Crippen LogP contribution in [0.5, 0.6) is 0 Å². The van der Waals surface area contributed by atoms with Gasteiger partial charge in [0.15, 0.2) is 0 Å². The van der Waals surface area contributed by atoms with Gasteiger partial charge in [-0.05, 0) is 39.2 Å². The Morgan fingerprint density at radius 1 is 1.65 bits per heavy atom. The predicted molar refractivity (Wildman–Crippen MR) is 65.8 cm³/mol. The van der Waals surface area contributed by atoms with Gasteiger partial charge in [0, 0.05) is 24.0 Å². The van der Waals surface area contributed by atoms with Gasteiger partial charge in [-0.15, -0.1) is 0 Å². The van der Waals surface area contributed by atoms with Crippen LogP contribution in [-0.4, -0.2) is 22.6 Å².